The molecular weight excluding hydrogens is 300 g/mol. The van der Waals surface area contributed by atoms with Crippen LogP contribution in [0.5, 0.6) is 5.75 Å². The minimum atomic E-state index is 0.151. The Hall–Kier alpha value is -2.36. The van der Waals surface area contributed by atoms with Gasteiger partial charge in [-0.15, -0.1) is 0 Å². The van der Waals surface area contributed by atoms with E-state index in [-0.39, 0.29) is 11.9 Å². The van der Waals surface area contributed by atoms with E-state index in [2.05, 4.69) is 9.88 Å². The summed E-state index contributed by atoms with van der Waals surface area (Å²) in [5, 5.41) is 0. The Morgan fingerprint density at radius 1 is 1.17 bits per heavy atom. The fourth-order valence-electron chi connectivity index (χ4n) is 3.45. The molecule has 0 spiro atoms. The quantitative estimate of drug-likeness (QED) is 0.859. The summed E-state index contributed by atoms with van der Waals surface area (Å²) in [5.41, 5.74) is 2.13. The van der Waals surface area contributed by atoms with E-state index in [1.807, 2.05) is 48.8 Å². The number of para-hydroxylation sites is 1. The fraction of sp³-hybridized carbons (Fsp3) is 0.400. The Balaban J connectivity index is 1.82. The zero-order chi connectivity index (χ0) is 16.8. The van der Waals surface area contributed by atoms with E-state index in [1.165, 1.54) is 12.0 Å². The first-order valence-electron chi connectivity index (χ1n) is 8.61. The van der Waals surface area contributed by atoms with Gasteiger partial charge in [0, 0.05) is 24.5 Å². The third kappa shape index (κ3) is 3.75. The number of methoxy groups -OCH3 is 1. The van der Waals surface area contributed by atoms with Crippen molar-refractivity contribution in [3.8, 4) is 5.75 Å². The van der Waals surface area contributed by atoms with E-state index in [1.54, 1.807) is 7.11 Å². The normalized spacial score (nSPS) is 18.0. The average Bonchev–Trinajstić information content (AvgIpc) is 2.89. The van der Waals surface area contributed by atoms with Crippen molar-refractivity contribution < 1.29 is 9.53 Å². The van der Waals surface area contributed by atoms with Gasteiger partial charge in [-0.3, -0.25) is 9.78 Å². The minimum Gasteiger partial charge on any atom is -0.496 e. The molecule has 1 aliphatic rings. The predicted octanol–water partition coefficient (Wildman–Crippen LogP) is 3.78. The molecule has 4 nitrogen and oxygen atoms in total. The molecule has 1 fully saturated rings. The molecule has 0 N–H and O–H groups in total. The highest BCUT2D eigenvalue weighted by Crippen LogP contribution is 2.31. The second-order valence-corrected chi connectivity index (χ2v) is 6.22. The second kappa shape index (κ2) is 7.95. The third-order valence-corrected chi connectivity index (χ3v) is 4.70. The van der Waals surface area contributed by atoms with Gasteiger partial charge in [-0.2, -0.15) is 0 Å². The molecule has 1 saturated heterocycles. The van der Waals surface area contributed by atoms with Crippen molar-refractivity contribution in [2.75, 3.05) is 13.7 Å². The van der Waals surface area contributed by atoms with Gasteiger partial charge in [0.25, 0.3) is 0 Å². The molecule has 2 aromatic rings. The highest BCUT2D eigenvalue weighted by atomic mass is 16.5. The molecule has 0 saturated carbocycles. The first-order valence-corrected chi connectivity index (χ1v) is 8.61. The molecule has 0 unspecified atom stereocenters. The van der Waals surface area contributed by atoms with Gasteiger partial charge >= 0.3 is 0 Å². The lowest BCUT2D eigenvalue weighted by molar-refractivity contribution is -0.133. The number of aromatic nitrogens is 1. The summed E-state index contributed by atoms with van der Waals surface area (Å²) in [4.78, 5) is 19.2. The molecule has 1 atom stereocenters. The van der Waals surface area contributed by atoms with Crippen LogP contribution in [0.1, 0.15) is 42.9 Å². The number of hydrogen-bond acceptors (Lipinski definition) is 3. The maximum Gasteiger partial charge on any atom is 0.227 e. The van der Waals surface area contributed by atoms with E-state index in [0.717, 1.165) is 37.1 Å². The van der Waals surface area contributed by atoms with Crippen molar-refractivity contribution in [1.29, 1.82) is 0 Å². The predicted molar refractivity (Wildman–Crippen MR) is 93.9 cm³/mol. The number of ether oxygens (including phenoxy) is 1. The zero-order valence-electron chi connectivity index (χ0n) is 14.1. The maximum absolute atomic E-state index is 13.0. The molecule has 0 aliphatic carbocycles. The van der Waals surface area contributed by atoms with Gasteiger partial charge in [-0.25, -0.2) is 0 Å². The van der Waals surface area contributed by atoms with E-state index in [4.69, 9.17) is 4.74 Å². The first-order chi connectivity index (χ1) is 11.8. The van der Waals surface area contributed by atoms with Gasteiger partial charge in [-0.05, 0) is 36.6 Å². The summed E-state index contributed by atoms with van der Waals surface area (Å²) >= 11 is 0. The van der Waals surface area contributed by atoms with Gasteiger partial charge in [-0.1, -0.05) is 31.0 Å². The van der Waals surface area contributed by atoms with Crippen LogP contribution >= 0.6 is 0 Å². The number of likely N-dealkylation sites (tertiary alicyclic amines) is 1. The number of benzene rings is 1. The second-order valence-electron chi connectivity index (χ2n) is 6.22. The Labute approximate surface area is 143 Å². The van der Waals surface area contributed by atoms with Crippen LogP contribution in [0, 0.1) is 0 Å². The highest BCUT2D eigenvalue weighted by molar-refractivity contribution is 5.80. The lowest BCUT2D eigenvalue weighted by Gasteiger charge is -2.30. The molecule has 1 aliphatic heterocycles. The van der Waals surface area contributed by atoms with E-state index >= 15 is 0 Å². The number of hydrogen-bond donors (Lipinski definition) is 0. The van der Waals surface area contributed by atoms with Gasteiger partial charge < -0.3 is 9.64 Å². The number of carbonyl (C=O) groups excluding carboxylic acids is 1. The van der Waals surface area contributed by atoms with Crippen molar-refractivity contribution in [3.05, 3.63) is 59.9 Å². The van der Waals surface area contributed by atoms with Gasteiger partial charge in [0.2, 0.25) is 5.91 Å². The Morgan fingerprint density at radius 2 is 1.96 bits per heavy atom. The number of rotatable bonds is 4. The monoisotopic (exact) mass is 324 g/mol. The molecule has 3 rings (SSSR count). The first kappa shape index (κ1) is 16.5. The van der Waals surface area contributed by atoms with E-state index < -0.39 is 0 Å². The molecule has 126 valence electrons. The number of amides is 1. The average molecular weight is 324 g/mol. The van der Waals surface area contributed by atoms with Gasteiger partial charge in [0.05, 0.1) is 19.6 Å². The molecule has 1 aromatic carbocycles. The minimum absolute atomic E-state index is 0.151. The van der Waals surface area contributed by atoms with Crippen LogP contribution in [-0.2, 0) is 11.2 Å². The lowest BCUT2D eigenvalue weighted by atomic mass is 10.0. The van der Waals surface area contributed by atoms with Crippen LogP contribution in [0.4, 0.5) is 0 Å². The Bertz CT molecular complexity index is 672. The van der Waals surface area contributed by atoms with Crippen LogP contribution in [-0.4, -0.2) is 29.4 Å². The highest BCUT2D eigenvalue weighted by Gasteiger charge is 2.27. The van der Waals surface area contributed by atoms with E-state index in [0.29, 0.717) is 6.42 Å². The smallest absolute Gasteiger partial charge is 0.227 e. The summed E-state index contributed by atoms with van der Waals surface area (Å²) in [6.45, 7) is 0.820. The molecule has 0 bridgehead atoms. The molecule has 0 radical (unpaired) electrons. The van der Waals surface area contributed by atoms with Crippen molar-refractivity contribution in [2.45, 2.75) is 38.1 Å². The molecule has 24 heavy (non-hydrogen) atoms. The molecule has 1 amide bonds. The topological polar surface area (TPSA) is 42.4 Å². The Kier molecular flexibility index (Phi) is 5.47. The van der Waals surface area contributed by atoms with Crippen LogP contribution in [0.3, 0.4) is 0 Å². The zero-order valence-corrected chi connectivity index (χ0v) is 14.1. The van der Waals surface area contributed by atoms with Crippen LogP contribution in [0.15, 0.2) is 48.8 Å². The molecule has 4 heteroatoms. The third-order valence-electron chi connectivity index (χ3n) is 4.70. The maximum atomic E-state index is 13.0. The number of nitrogens with zero attached hydrogens (tertiary/aromatic N) is 2. The van der Waals surface area contributed by atoms with Crippen molar-refractivity contribution in [1.82, 2.24) is 9.88 Å². The molecular formula is C20H24N2O2. The fourth-order valence-corrected chi connectivity index (χ4v) is 3.45. The summed E-state index contributed by atoms with van der Waals surface area (Å²) in [7, 11) is 1.65. The lowest BCUT2D eigenvalue weighted by Crippen LogP contribution is -2.36. The van der Waals surface area contributed by atoms with Crippen molar-refractivity contribution in [2.24, 2.45) is 0 Å². The summed E-state index contributed by atoms with van der Waals surface area (Å²) in [6, 6.07) is 12.0. The van der Waals surface area contributed by atoms with Crippen molar-refractivity contribution in [3.63, 3.8) is 0 Å². The van der Waals surface area contributed by atoms with Gasteiger partial charge in [0.1, 0.15) is 5.75 Å². The molecule has 1 aromatic heterocycles. The number of pyridine rings is 1. The van der Waals surface area contributed by atoms with Crippen LogP contribution in [0.2, 0.25) is 0 Å². The largest absolute Gasteiger partial charge is 0.496 e. The summed E-state index contributed by atoms with van der Waals surface area (Å²) < 4.78 is 5.39. The number of carbonyl (C=O) groups is 1. The standard InChI is InChI=1S/C20H24N2O2/c1-24-19-9-5-4-7-17(19)15-20(23)22-14-6-2-3-8-18(22)16-10-12-21-13-11-16/h4-5,7,9-13,18H,2-3,6,8,14-15H2,1H3/t18-/m0/s1. The SMILES string of the molecule is COc1ccccc1CC(=O)N1CCCCC[C@H]1c1ccncc1. The van der Waals surface area contributed by atoms with Crippen LogP contribution in [0.25, 0.3) is 0 Å². The van der Waals surface area contributed by atoms with Crippen LogP contribution < -0.4 is 4.74 Å². The summed E-state index contributed by atoms with van der Waals surface area (Å²) in [5.74, 6) is 0.948. The Morgan fingerprint density at radius 3 is 2.75 bits per heavy atom. The van der Waals surface area contributed by atoms with E-state index in [9.17, 15) is 4.79 Å². The molecule has 2 heterocycles. The van der Waals surface area contributed by atoms with Crippen molar-refractivity contribution >= 4 is 5.91 Å². The summed E-state index contributed by atoms with van der Waals surface area (Å²) in [6.07, 6.45) is 8.42. The van der Waals surface area contributed by atoms with Gasteiger partial charge in [0.15, 0.2) is 0 Å².